The lowest BCUT2D eigenvalue weighted by molar-refractivity contribution is 0.416. The fourth-order valence-corrected chi connectivity index (χ4v) is 2.33. The predicted octanol–water partition coefficient (Wildman–Crippen LogP) is 7.00. The molecular weight excluding hydrogens is 228 g/mol. The summed E-state index contributed by atoms with van der Waals surface area (Å²) >= 11 is 0. The maximum absolute atomic E-state index is 2.45. The lowest BCUT2D eigenvalue weighted by atomic mass is 9.90. The average Bonchev–Trinajstić information content (AvgIpc) is 2.25. The number of rotatable bonds is 9. The van der Waals surface area contributed by atoms with Gasteiger partial charge in [-0.1, -0.05) is 78.9 Å². The van der Waals surface area contributed by atoms with E-state index < -0.39 is 0 Å². The van der Waals surface area contributed by atoms with Crippen molar-refractivity contribution in [3.05, 3.63) is 11.6 Å². The first-order valence-corrected chi connectivity index (χ1v) is 8.36. The van der Waals surface area contributed by atoms with E-state index in [2.05, 4.69) is 54.5 Å². The van der Waals surface area contributed by atoms with Crippen LogP contribution in [0.2, 0.25) is 0 Å². The van der Waals surface area contributed by atoms with Crippen LogP contribution in [0.1, 0.15) is 93.4 Å². The molecule has 0 rings (SSSR count). The zero-order valence-corrected chi connectivity index (χ0v) is 14.7. The minimum Gasteiger partial charge on any atom is -0.0851 e. The minimum absolute atomic E-state index is 0.436. The highest BCUT2D eigenvalue weighted by Crippen LogP contribution is 2.22. The highest BCUT2D eigenvalue weighted by atomic mass is 14.1. The minimum atomic E-state index is 0.436. The van der Waals surface area contributed by atoms with Gasteiger partial charge in [0.1, 0.15) is 0 Å². The lowest BCUT2D eigenvalue weighted by Crippen LogP contribution is -2.02. The van der Waals surface area contributed by atoms with Crippen LogP contribution in [-0.4, -0.2) is 0 Å². The zero-order chi connectivity index (χ0) is 14.9. The Kier molecular flexibility index (Phi) is 9.48. The molecule has 1 unspecified atom stereocenters. The van der Waals surface area contributed by atoms with Crippen molar-refractivity contribution in [2.75, 3.05) is 0 Å². The summed E-state index contributed by atoms with van der Waals surface area (Å²) in [5, 5.41) is 0. The normalized spacial score (nSPS) is 15.1. The van der Waals surface area contributed by atoms with Gasteiger partial charge in [-0.2, -0.15) is 0 Å². The molecule has 0 fully saturated rings. The molecule has 0 aromatic carbocycles. The maximum atomic E-state index is 2.45. The van der Waals surface area contributed by atoms with Crippen LogP contribution in [0.25, 0.3) is 0 Å². The molecule has 0 radical (unpaired) electrons. The molecule has 0 spiro atoms. The zero-order valence-electron chi connectivity index (χ0n) is 14.7. The van der Waals surface area contributed by atoms with Crippen molar-refractivity contribution in [2.45, 2.75) is 93.4 Å². The number of hydrogen-bond acceptors (Lipinski definition) is 0. The Morgan fingerprint density at radius 3 is 2.05 bits per heavy atom. The van der Waals surface area contributed by atoms with E-state index in [-0.39, 0.29) is 0 Å². The topological polar surface area (TPSA) is 0 Å². The van der Waals surface area contributed by atoms with Crippen LogP contribution in [-0.2, 0) is 0 Å². The van der Waals surface area contributed by atoms with E-state index in [4.69, 9.17) is 0 Å². The van der Waals surface area contributed by atoms with Gasteiger partial charge in [-0.3, -0.25) is 0 Å². The van der Waals surface area contributed by atoms with Gasteiger partial charge < -0.3 is 0 Å². The first-order chi connectivity index (χ1) is 8.70. The van der Waals surface area contributed by atoms with E-state index in [1.54, 1.807) is 5.57 Å². The molecule has 0 heteroatoms. The Morgan fingerprint density at radius 1 is 0.947 bits per heavy atom. The Hall–Kier alpha value is -0.260. The third-order valence-corrected chi connectivity index (χ3v) is 3.81. The summed E-state index contributed by atoms with van der Waals surface area (Å²) in [6.45, 7) is 16.3. The third-order valence-electron chi connectivity index (χ3n) is 3.81. The van der Waals surface area contributed by atoms with Crippen molar-refractivity contribution >= 4 is 0 Å². The fourth-order valence-electron chi connectivity index (χ4n) is 2.33. The fraction of sp³-hybridized carbons (Fsp3) is 0.895. The summed E-state index contributed by atoms with van der Waals surface area (Å²) < 4.78 is 0. The van der Waals surface area contributed by atoms with Crippen molar-refractivity contribution in [3.8, 4) is 0 Å². The Labute approximate surface area is 123 Å². The Morgan fingerprint density at radius 2 is 1.53 bits per heavy atom. The van der Waals surface area contributed by atoms with Gasteiger partial charge in [0.05, 0.1) is 0 Å². The molecule has 0 aliphatic rings. The summed E-state index contributed by atoms with van der Waals surface area (Å²) in [5.74, 6) is 1.78. The summed E-state index contributed by atoms with van der Waals surface area (Å²) in [6, 6.07) is 0. The molecule has 0 aromatic rings. The smallest absolute Gasteiger partial charge is 0.0299 e. The summed E-state index contributed by atoms with van der Waals surface area (Å²) in [5.41, 5.74) is 2.02. The molecule has 0 bridgehead atoms. The Balaban J connectivity index is 3.66. The van der Waals surface area contributed by atoms with Crippen molar-refractivity contribution in [2.24, 2.45) is 17.3 Å². The highest BCUT2D eigenvalue weighted by Gasteiger charge is 2.08. The van der Waals surface area contributed by atoms with Crippen molar-refractivity contribution in [1.29, 1.82) is 0 Å². The molecule has 0 heterocycles. The molecule has 0 aromatic heterocycles. The molecule has 114 valence electrons. The van der Waals surface area contributed by atoms with Crippen LogP contribution in [0.15, 0.2) is 11.6 Å². The van der Waals surface area contributed by atoms with E-state index >= 15 is 0 Å². The van der Waals surface area contributed by atoms with Crippen molar-refractivity contribution in [1.82, 2.24) is 0 Å². The molecule has 0 nitrogen and oxygen atoms in total. The van der Waals surface area contributed by atoms with Gasteiger partial charge in [-0.05, 0) is 43.4 Å². The standard InChI is InChI=1S/C19H38/c1-16(2)10-8-11-17(3)12-9-13-18(4)14-15-19(5,6)7/h14,16-17H,8-13,15H2,1-7H3/b18-14+. The average molecular weight is 267 g/mol. The summed E-state index contributed by atoms with van der Waals surface area (Å²) in [6.07, 6.45) is 12.0. The van der Waals surface area contributed by atoms with Crippen LogP contribution in [0.4, 0.5) is 0 Å². The van der Waals surface area contributed by atoms with Gasteiger partial charge in [0.15, 0.2) is 0 Å². The van der Waals surface area contributed by atoms with E-state index in [0.717, 1.165) is 11.8 Å². The first kappa shape index (κ1) is 18.7. The summed E-state index contributed by atoms with van der Waals surface area (Å²) in [7, 11) is 0. The second-order valence-electron chi connectivity index (χ2n) is 8.14. The lowest BCUT2D eigenvalue weighted by Gasteiger charge is -2.16. The van der Waals surface area contributed by atoms with Crippen LogP contribution < -0.4 is 0 Å². The van der Waals surface area contributed by atoms with Crippen molar-refractivity contribution < 1.29 is 0 Å². The second kappa shape index (κ2) is 9.61. The molecular formula is C19H38. The van der Waals surface area contributed by atoms with Gasteiger partial charge in [-0.15, -0.1) is 0 Å². The largest absolute Gasteiger partial charge is 0.0851 e. The van der Waals surface area contributed by atoms with E-state index in [1.165, 1.54) is 44.9 Å². The van der Waals surface area contributed by atoms with E-state index in [9.17, 15) is 0 Å². The van der Waals surface area contributed by atoms with Crippen molar-refractivity contribution in [3.63, 3.8) is 0 Å². The van der Waals surface area contributed by atoms with Crippen LogP contribution in [0, 0.1) is 17.3 Å². The molecule has 0 amide bonds. The van der Waals surface area contributed by atoms with Crippen LogP contribution in [0.5, 0.6) is 0 Å². The molecule has 19 heavy (non-hydrogen) atoms. The molecule has 0 saturated heterocycles. The molecule has 1 atom stereocenters. The van der Waals surface area contributed by atoms with Gasteiger partial charge in [0, 0.05) is 0 Å². The monoisotopic (exact) mass is 266 g/mol. The predicted molar refractivity (Wildman–Crippen MR) is 89.5 cm³/mol. The van der Waals surface area contributed by atoms with E-state index in [1.807, 2.05) is 0 Å². The van der Waals surface area contributed by atoms with Gasteiger partial charge in [0.25, 0.3) is 0 Å². The van der Waals surface area contributed by atoms with Gasteiger partial charge in [-0.25, -0.2) is 0 Å². The van der Waals surface area contributed by atoms with Gasteiger partial charge in [0.2, 0.25) is 0 Å². The van der Waals surface area contributed by atoms with Gasteiger partial charge >= 0.3 is 0 Å². The molecule has 0 aliphatic carbocycles. The third kappa shape index (κ3) is 14.0. The number of hydrogen-bond donors (Lipinski definition) is 0. The second-order valence-corrected chi connectivity index (χ2v) is 8.14. The molecule has 0 aliphatic heterocycles. The Bertz CT molecular complexity index is 239. The molecule has 0 saturated carbocycles. The number of allylic oxidation sites excluding steroid dienone is 2. The quantitative estimate of drug-likeness (QED) is 0.394. The SMILES string of the molecule is C/C(=C\CC(C)(C)C)CCCC(C)CCCC(C)C. The summed E-state index contributed by atoms with van der Waals surface area (Å²) in [4.78, 5) is 0. The van der Waals surface area contributed by atoms with Crippen LogP contribution >= 0.6 is 0 Å². The van der Waals surface area contributed by atoms with E-state index in [0.29, 0.717) is 5.41 Å². The molecule has 0 N–H and O–H groups in total. The first-order valence-electron chi connectivity index (χ1n) is 8.36. The maximum Gasteiger partial charge on any atom is -0.0299 e. The van der Waals surface area contributed by atoms with Crippen LogP contribution in [0.3, 0.4) is 0 Å². The highest BCUT2D eigenvalue weighted by molar-refractivity contribution is 4.99.